The highest BCUT2D eigenvalue weighted by Gasteiger charge is 2.47. The molecule has 3 unspecified atom stereocenters. The van der Waals surface area contributed by atoms with Gasteiger partial charge in [-0.2, -0.15) is 0 Å². The summed E-state index contributed by atoms with van der Waals surface area (Å²) in [4.78, 5) is 26.1. The predicted molar refractivity (Wildman–Crippen MR) is 97.5 cm³/mol. The topological polar surface area (TPSA) is 66.8 Å². The van der Waals surface area contributed by atoms with E-state index in [1.807, 2.05) is 54.6 Å². The first-order valence-electron chi connectivity index (χ1n) is 8.93. The first-order chi connectivity index (χ1) is 12.6. The molecule has 1 heterocycles. The Kier molecular flexibility index (Phi) is 4.47. The van der Waals surface area contributed by atoms with E-state index in [-0.39, 0.29) is 36.8 Å². The summed E-state index contributed by atoms with van der Waals surface area (Å²) < 4.78 is 5.66. The van der Waals surface area contributed by atoms with E-state index in [2.05, 4.69) is 0 Å². The van der Waals surface area contributed by atoms with Crippen LogP contribution in [0.4, 0.5) is 0 Å². The van der Waals surface area contributed by atoms with Crippen molar-refractivity contribution >= 4 is 22.6 Å². The van der Waals surface area contributed by atoms with Gasteiger partial charge in [-0.05, 0) is 35.7 Å². The standard InChI is InChI=1S/C21H21NO4/c23-16(12-22-20(24)18-7-3-4-8-19(18)21(22)25)13-26-17-10-9-14-5-1-2-6-15(14)11-17/h1-6,9-11,16,18-19,23H,7-8,12-13H2. The number of β-amino-alcohol motifs (C(OH)–C–C–N with tert-alkyl or cyclic N) is 1. The summed E-state index contributed by atoms with van der Waals surface area (Å²) in [5, 5.41) is 12.4. The second-order valence-corrected chi connectivity index (χ2v) is 6.92. The lowest BCUT2D eigenvalue weighted by atomic mass is 9.85. The summed E-state index contributed by atoms with van der Waals surface area (Å²) in [5.74, 6) is -0.217. The van der Waals surface area contributed by atoms with Crippen LogP contribution in [-0.2, 0) is 9.59 Å². The third-order valence-corrected chi connectivity index (χ3v) is 5.16. The molecule has 0 bridgehead atoms. The monoisotopic (exact) mass is 351 g/mol. The lowest BCUT2D eigenvalue weighted by Crippen LogP contribution is -2.40. The zero-order valence-corrected chi connectivity index (χ0v) is 14.4. The van der Waals surface area contributed by atoms with Crippen molar-refractivity contribution in [3.63, 3.8) is 0 Å². The molecular weight excluding hydrogens is 330 g/mol. The van der Waals surface area contributed by atoms with Crippen molar-refractivity contribution < 1.29 is 19.4 Å². The average molecular weight is 351 g/mol. The smallest absolute Gasteiger partial charge is 0.233 e. The molecular formula is C21H21NO4. The fraction of sp³-hybridized carbons (Fsp3) is 0.333. The van der Waals surface area contributed by atoms with Crippen molar-refractivity contribution in [2.24, 2.45) is 11.8 Å². The fourth-order valence-corrected chi connectivity index (χ4v) is 3.76. The van der Waals surface area contributed by atoms with Crippen molar-refractivity contribution in [2.75, 3.05) is 13.2 Å². The maximum absolute atomic E-state index is 12.4. The maximum Gasteiger partial charge on any atom is 0.233 e. The Balaban J connectivity index is 1.37. The third kappa shape index (κ3) is 3.10. The van der Waals surface area contributed by atoms with Crippen LogP contribution in [0.2, 0.25) is 0 Å². The molecule has 0 radical (unpaired) electrons. The number of imide groups is 1. The highest BCUT2D eigenvalue weighted by molar-refractivity contribution is 6.05. The van der Waals surface area contributed by atoms with Gasteiger partial charge < -0.3 is 9.84 Å². The van der Waals surface area contributed by atoms with Gasteiger partial charge in [-0.25, -0.2) is 0 Å². The number of aliphatic hydroxyl groups is 1. The molecule has 1 saturated heterocycles. The predicted octanol–water partition coefficient (Wildman–Crippen LogP) is 2.53. The molecule has 2 aromatic rings. The molecule has 3 atom stereocenters. The molecule has 5 heteroatoms. The van der Waals surface area contributed by atoms with Gasteiger partial charge in [0.15, 0.2) is 0 Å². The summed E-state index contributed by atoms with van der Waals surface area (Å²) in [6, 6.07) is 13.7. The van der Waals surface area contributed by atoms with E-state index in [9.17, 15) is 14.7 Å². The number of aliphatic hydroxyl groups excluding tert-OH is 1. The van der Waals surface area contributed by atoms with Crippen LogP contribution in [0, 0.1) is 11.8 Å². The van der Waals surface area contributed by atoms with E-state index in [4.69, 9.17) is 4.74 Å². The van der Waals surface area contributed by atoms with Gasteiger partial charge in [0.25, 0.3) is 0 Å². The number of ether oxygens (including phenoxy) is 1. The Hall–Kier alpha value is -2.66. The van der Waals surface area contributed by atoms with E-state index in [1.54, 1.807) is 0 Å². The summed E-state index contributed by atoms with van der Waals surface area (Å²) in [5.41, 5.74) is 0. The Morgan fingerprint density at radius 1 is 1.00 bits per heavy atom. The SMILES string of the molecule is O=C1C2CC=CCC2C(=O)N1CC(O)COc1ccc2ccccc2c1. The van der Waals surface area contributed by atoms with Crippen LogP contribution in [-0.4, -0.2) is 41.1 Å². The zero-order valence-electron chi connectivity index (χ0n) is 14.4. The number of benzene rings is 2. The Morgan fingerprint density at radius 2 is 1.65 bits per heavy atom. The summed E-state index contributed by atoms with van der Waals surface area (Å²) >= 11 is 0. The van der Waals surface area contributed by atoms with Gasteiger partial charge in [0, 0.05) is 0 Å². The van der Waals surface area contributed by atoms with Gasteiger partial charge in [0.2, 0.25) is 11.8 Å². The summed E-state index contributed by atoms with van der Waals surface area (Å²) in [7, 11) is 0. The molecule has 0 aromatic heterocycles. The lowest BCUT2D eigenvalue weighted by molar-refractivity contribution is -0.141. The normalized spacial score (nSPS) is 23.3. The maximum atomic E-state index is 12.4. The number of hydrogen-bond acceptors (Lipinski definition) is 4. The van der Waals surface area contributed by atoms with Crippen molar-refractivity contribution in [2.45, 2.75) is 18.9 Å². The second kappa shape index (κ2) is 6.92. The molecule has 4 rings (SSSR count). The molecule has 26 heavy (non-hydrogen) atoms. The summed E-state index contributed by atoms with van der Waals surface area (Å²) in [6.07, 6.45) is 4.21. The number of allylic oxidation sites excluding steroid dienone is 2. The number of hydrogen-bond donors (Lipinski definition) is 1. The molecule has 0 spiro atoms. The number of nitrogens with zero attached hydrogens (tertiary/aromatic N) is 1. The van der Waals surface area contributed by atoms with Crippen LogP contribution in [0.3, 0.4) is 0 Å². The highest BCUT2D eigenvalue weighted by atomic mass is 16.5. The summed E-state index contributed by atoms with van der Waals surface area (Å²) in [6.45, 7) is 0.0151. The van der Waals surface area contributed by atoms with Crippen LogP contribution in [0.15, 0.2) is 54.6 Å². The van der Waals surface area contributed by atoms with Crippen LogP contribution in [0.5, 0.6) is 5.75 Å². The van der Waals surface area contributed by atoms with Crippen LogP contribution >= 0.6 is 0 Å². The number of likely N-dealkylation sites (tertiary alicyclic amines) is 1. The molecule has 1 aliphatic carbocycles. The minimum Gasteiger partial charge on any atom is -0.491 e. The Bertz CT molecular complexity index is 849. The highest BCUT2D eigenvalue weighted by Crippen LogP contribution is 2.35. The molecule has 1 aliphatic heterocycles. The molecule has 1 fully saturated rings. The lowest BCUT2D eigenvalue weighted by Gasteiger charge is -2.19. The van der Waals surface area contributed by atoms with E-state index in [1.165, 1.54) is 4.90 Å². The van der Waals surface area contributed by atoms with E-state index in [0.29, 0.717) is 18.6 Å². The van der Waals surface area contributed by atoms with E-state index >= 15 is 0 Å². The first-order valence-corrected chi connectivity index (χ1v) is 8.93. The Labute approximate surface area is 151 Å². The molecule has 2 aromatic carbocycles. The minimum atomic E-state index is -0.914. The van der Waals surface area contributed by atoms with Crippen molar-refractivity contribution in [1.29, 1.82) is 0 Å². The molecule has 5 nitrogen and oxygen atoms in total. The van der Waals surface area contributed by atoms with Crippen molar-refractivity contribution in [1.82, 2.24) is 4.90 Å². The van der Waals surface area contributed by atoms with Gasteiger partial charge in [-0.3, -0.25) is 14.5 Å². The van der Waals surface area contributed by atoms with Gasteiger partial charge in [-0.15, -0.1) is 0 Å². The minimum absolute atomic E-state index is 0.0156. The number of carbonyl (C=O) groups excluding carboxylic acids is 2. The van der Waals surface area contributed by atoms with Crippen LogP contribution in [0.1, 0.15) is 12.8 Å². The van der Waals surface area contributed by atoms with Crippen molar-refractivity contribution in [3.8, 4) is 5.75 Å². The second-order valence-electron chi connectivity index (χ2n) is 6.92. The fourth-order valence-electron chi connectivity index (χ4n) is 3.76. The molecule has 1 N–H and O–H groups in total. The van der Waals surface area contributed by atoms with Gasteiger partial charge >= 0.3 is 0 Å². The first kappa shape index (κ1) is 16.8. The number of rotatable bonds is 5. The molecule has 2 amide bonds. The quantitative estimate of drug-likeness (QED) is 0.664. The van der Waals surface area contributed by atoms with Crippen LogP contribution < -0.4 is 4.74 Å². The van der Waals surface area contributed by atoms with E-state index < -0.39 is 6.10 Å². The van der Waals surface area contributed by atoms with Gasteiger partial charge in [0.05, 0.1) is 18.4 Å². The Morgan fingerprint density at radius 3 is 2.35 bits per heavy atom. The van der Waals surface area contributed by atoms with Gasteiger partial charge in [0.1, 0.15) is 18.5 Å². The molecule has 134 valence electrons. The van der Waals surface area contributed by atoms with Crippen LogP contribution in [0.25, 0.3) is 10.8 Å². The van der Waals surface area contributed by atoms with E-state index in [0.717, 1.165) is 10.8 Å². The van der Waals surface area contributed by atoms with Crippen molar-refractivity contribution in [3.05, 3.63) is 54.6 Å². The molecule has 0 saturated carbocycles. The number of fused-ring (bicyclic) bond motifs is 2. The number of carbonyl (C=O) groups is 2. The molecule has 2 aliphatic rings. The average Bonchev–Trinajstić information content (AvgIpc) is 2.91. The number of amides is 2. The van der Waals surface area contributed by atoms with Gasteiger partial charge in [-0.1, -0.05) is 42.5 Å². The largest absolute Gasteiger partial charge is 0.491 e. The zero-order chi connectivity index (χ0) is 18.1. The third-order valence-electron chi connectivity index (χ3n) is 5.16.